The Morgan fingerprint density at radius 1 is 1.17 bits per heavy atom. The number of rotatable bonds is 3. The molecule has 0 bridgehead atoms. The molecule has 2 aromatic heterocycles. The summed E-state index contributed by atoms with van der Waals surface area (Å²) in [6, 6.07) is 10.1. The third-order valence-electron chi connectivity index (χ3n) is 3.01. The Morgan fingerprint density at radius 2 is 2.00 bits per heavy atom. The normalized spacial score (nSPS) is 11.2. The van der Waals surface area contributed by atoms with Gasteiger partial charge in [-0.05, 0) is 12.1 Å². The lowest BCUT2D eigenvalue weighted by molar-refractivity contribution is 0.657. The minimum absolute atomic E-state index is 0.454. The molecule has 92 valence electrons. The maximum absolute atomic E-state index is 5.73. The van der Waals surface area contributed by atoms with Crippen LogP contribution in [0.25, 0.3) is 10.9 Å². The molecule has 0 unspecified atom stereocenters. The van der Waals surface area contributed by atoms with Crippen molar-refractivity contribution in [3.63, 3.8) is 0 Å². The number of aromatic nitrogens is 4. The standard InChI is InChI=1S/C13H15N5/c1-17-7-6-10(15-17)9-18-13-5-3-2-4-11(13)12(8-14)16-18/h2-7H,8-9,14H2,1H3. The van der Waals surface area contributed by atoms with Crippen LogP contribution >= 0.6 is 0 Å². The van der Waals surface area contributed by atoms with Gasteiger partial charge in [-0.2, -0.15) is 10.2 Å². The van der Waals surface area contributed by atoms with Crippen LogP contribution < -0.4 is 5.73 Å². The number of fused-ring (bicyclic) bond motifs is 1. The Hall–Kier alpha value is -2.14. The van der Waals surface area contributed by atoms with E-state index in [1.807, 2.05) is 36.1 Å². The van der Waals surface area contributed by atoms with Gasteiger partial charge < -0.3 is 5.73 Å². The Balaban J connectivity index is 2.06. The largest absolute Gasteiger partial charge is 0.325 e. The van der Waals surface area contributed by atoms with Gasteiger partial charge in [-0.25, -0.2) is 0 Å². The van der Waals surface area contributed by atoms with E-state index in [2.05, 4.69) is 22.3 Å². The second kappa shape index (κ2) is 4.27. The van der Waals surface area contributed by atoms with Crippen molar-refractivity contribution in [1.29, 1.82) is 0 Å². The number of aryl methyl sites for hydroxylation is 1. The van der Waals surface area contributed by atoms with Crippen LogP contribution in [0.5, 0.6) is 0 Å². The summed E-state index contributed by atoms with van der Waals surface area (Å²) >= 11 is 0. The topological polar surface area (TPSA) is 61.7 Å². The number of benzene rings is 1. The first-order valence-corrected chi connectivity index (χ1v) is 5.91. The van der Waals surface area contributed by atoms with Crippen LogP contribution in [0.2, 0.25) is 0 Å². The lowest BCUT2D eigenvalue weighted by Gasteiger charge is -2.00. The van der Waals surface area contributed by atoms with E-state index in [0.29, 0.717) is 13.1 Å². The first kappa shape index (κ1) is 11.0. The van der Waals surface area contributed by atoms with Crippen molar-refractivity contribution in [2.75, 3.05) is 0 Å². The molecule has 0 saturated carbocycles. The van der Waals surface area contributed by atoms with E-state index in [1.165, 1.54) is 0 Å². The number of para-hydroxylation sites is 1. The molecule has 3 rings (SSSR count). The van der Waals surface area contributed by atoms with E-state index in [0.717, 1.165) is 22.3 Å². The highest BCUT2D eigenvalue weighted by atomic mass is 15.3. The molecule has 0 atom stereocenters. The molecular weight excluding hydrogens is 226 g/mol. The molecule has 0 saturated heterocycles. The lowest BCUT2D eigenvalue weighted by atomic mass is 10.2. The molecule has 0 amide bonds. The molecule has 0 radical (unpaired) electrons. The number of nitrogens with zero attached hydrogens (tertiary/aromatic N) is 4. The molecule has 0 aliphatic carbocycles. The minimum atomic E-state index is 0.454. The molecule has 0 fully saturated rings. The Kier molecular flexibility index (Phi) is 2.60. The first-order chi connectivity index (χ1) is 8.78. The van der Waals surface area contributed by atoms with Gasteiger partial charge in [-0.15, -0.1) is 0 Å². The minimum Gasteiger partial charge on any atom is -0.325 e. The Morgan fingerprint density at radius 3 is 2.72 bits per heavy atom. The molecule has 1 aromatic carbocycles. The smallest absolute Gasteiger partial charge is 0.0857 e. The van der Waals surface area contributed by atoms with Crippen LogP contribution in [-0.4, -0.2) is 19.6 Å². The summed E-state index contributed by atoms with van der Waals surface area (Å²) in [6.07, 6.45) is 1.94. The van der Waals surface area contributed by atoms with Gasteiger partial charge in [0.15, 0.2) is 0 Å². The quantitative estimate of drug-likeness (QED) is 0.751. The first-order valence-electron chi connectivity index (χ1n) is 5.91. The van der Waals surface area contributed by atoms with Crippen molar-refractivity contribution < 1.29 is 0 Å². The molecule has 2 heterocycles. The summed E-state index contributed by atoms with van der Waals surface area (Å²) in [5.74, 6) is 0. The Bertz CT molecular complexity index is 680. The third kappa shape index (κ3) is 1.78. The fourth-order valence-corrected chi connectivity index (χ4v) is 2.17. The second-order valence-electron chi connectivity index (χ2n) is 4.31. The zero-order valence-corrected chi connectivity index (χ0v) is 10.2. The number of hydrogen-bond donors (Lipinski definition) is 1. The van der Waals surface area contributed by atoms with Gasteiger partial charge in [0.2, 0.25) is 0 Å². The van der Waals surface area contributed by atoms with E-state index in [1.54, 1.807) is 4.68 Å². The van der Waals surface area contributed by atoms with E-state index >= 15 is 0 Å². The fraction of sp³-hybridized carbons (Fsp3) is 0.231. The molecule has 0 spiro atoms. The van der Waals surface area contributed by atoms with Crippen LogP contribution in [0.1, 0.15) is 11.4 Å². The monoisotopic (exact) mass is 241 g/mol. The van der Waals surface area contributed by atoms with Gasteiger partial charge in [0.1, 0.15) is 0 Å². The van der Waals surface area contributed by atoms with Crippen LogP contribution in [0.4, 0.5) is 0 Å². The SMILES string of the molecule is Cn1ccc(Cn2nc(CN)c3ccccc32)n1. The summed E-state index contributed by atoms with van der Waals surface area (Å²) in [5.41, 5.74) is 8.76. The third-order valence-corrected chi connectivity index (χ3v) is 3.01. The summed E-state index contributed by atoms with van der Waals surface area (Å²) in [5, 5.41) is 10.0. The van der Waals surface area contributed by atoms with Crippen molar-refractivity contribution in [2.24, 2.45) is 12.8 Å². The second-order valence-corrected chi connectivity index (χ2v) is 4.31. The van der Waals surface area contributed by atoms with Crippen molar-refractivity contribution in [2.45, 2.75) is 13.1 Å². The molecular formula is C13H15N5. The average Bonchev–Trinajstić information content (AvgIpc) is 2.95. The molecule has 5 heteroatoms. The highest BCUT2D eigenvalue weighted by Gasteiger charge is 2.09. The van der Waals surface area contributed by atoms with Crippen molar-refractivity contribution in [3.05, 3.63) is 47.9 Å². The molecule has 18 heavy (non-hydrogen) atoms. The molecule has 5 nitrogen and oxygen atoms in total. The predicted octanol–water partition coefficient (Wildman–Crippen LogP) is 1.28. The maximum Gasteiger partial charge on any atom is 0.0857 e. The van der Waals surface area contributed by atoms with E-state index in [4.69, 9.17) is 5.73 Å². The van der Waals surface area contributed by atoms with Crippen molar-refractivity contribution >= 4 is 10.9 Å². The molecule has 0 aliphatic rings. The predicted molar refractivity (Wildman–Crippen MR) is 69.9 cm³/mol. The van der Waals surface area contributed by atoms with E-state index < -0.39 is 0 Å². The summed E-state index contributed by atoms with van der Waals surface area (Å²) in [7, 11) is 1.91. The lowest BCUT2D eigenvalue weighted by Crippen LogP contribution is -2.05. The fourth-order valence-electron chi connectivity index (χ4n) is 2.17. The van der Waals surface area contributed by atoms with E-state index in [9.17, 15) is 0 Å². The molecule has 2 N–H and O–H groups in total. The van der Waals surface area contributed by atoms with Crippen LogP contribution in [0.3, 0.4) is 0 Å². The van der Waals surface area contributed by atoms with Crippen LogP contribution in [0, 0.1) is 0 Å². The number of nitrogens with two attached hydrogens (primary N) is 1. The van der Waals surface area contributed by atoms with Crippen molar-refractivity contribution in [1.82, 2.24) is 19.6 Å². The maximum atomic E-state index is 5.73. The zero-order valence-electron chi connectivity index (χ0n) is 10.2. The summed E-state index contributed by atoms with van der Waals surface area (Å²) < 4.78 is 3.75. The van der Waals surface area contributed by atoms with Gasteiger partial charge in [0.25, 0.3) is 0 Å². The highest BCUT2D eigenvalue weighted by Crippen LogP contribution is 2.18. The van der Waals surface area contributed by atoms with Gasteiger partial charge >= 0.3 is 0 Å². The van der Waals surface area contributed by atoms with Gasteiger partial charge in [-0.3, -0.25) is 9.36 Å². The Labute approximate surface area is 105 Å². The molecule has 0 aliphatic heterocycles. The van der Waals surface area contributed by atoms with Crippen LogP contribution in [-0.2, 0) is 20.1 Å². The van der Waals surface area contributed by atoms with Gasteiger partial charge in [0, 0.05) is 25.2 Å². The summed E-state index contributed by atoms with van der Waals surface area (Å²) in [6.45, 7) is 1.12. The van der Waals surface area contributed by atoms with Crippen molar-refractivity contribution in [3.8, 4) is 0 Å². The van der Waals surface area contributed by atoms with E-state index in [-0.39, 0.29) is 0 Å². The molecule has 3 aromatic rings. The average molecular weight is 241 g/mol. The van der Waals surface area contributed by atoms with Crippen LogP contribution in [0.15, 0.2) is 36.5 Å². The zero-order chi connectivity index (χ0) is 12.5. The van der Waals surface area contributed by atoms with Gasteiger partial charge in [-0.1, -0.05) is 18.2 Å². The number of hydrogen-bond acceptors (Lipinski definition) is 3. The van der Waals surface area contributed by atoms with Gasteiger partial charge in [0.05, 0.1) is 23.4 Å². The summed E-state index contributed by atoms with van der Waals surface area (Å²) in [4.78, 5) is 0. The highest BCUT2D eigenvalue weighted by molar-refractivity contribution is 5.81.